The standard InChI is InChI=1S/C25H27N3O/c1-16(2)28-14-13-26-25(28)22(29)15-20(19-10-6-5-7-11-19)24-18(4)23-17(3)9-8-12-21(23)27-24/h5-14,16,20,27H,15H2,1-4H3/t20-/m0/s1. The van der Waals surface area contributed by atoms with Crippen LogP contribution in [0.5, 0.6) is 0 Å². The zero-order chi connectivity index (χ0) is 20.5. The molecule has 0 radical (unpaired) electrons. The third kappa shape index (κ3) is 3.51. The first-order valence-electron chi connectivity index (χ1n) is 10.2. The number of aryl methyl sites for hydroxylation is 2. The van der Waals surface area contributed by atoms with E-state index in [9.17, 15) is 4.79 Å². The van der Waals surface area contributed by atoms with Crippen LogP contribution in [0.1, 0.15) is 65.2 Å². The Morgan fingerprint density at radius 2 is 1.83 bits per heavy atom. The van der Waals surface area contributed by atoms with Gasteiger partial charge in [0, 0.05) is 47.4 Å². The maximum Gasteiger partial charge on any atom is 0.199 e. The topological polar surface area (TPSA) is 50.7 Å². The van der Waals surface area contributed by atoms with E-state index in [2.05, 4.69) is 68.0 Å². The van der Waals surface area contributed by atoms with E-state index < -0.39 is 0 Å². The van der Waals surface area contributed by atoms with Crippen molar-refractivity contribution in [2.24, 2.45) is 0 Å². The third-order valence-electron chi connectivity index (χ3n) is 5.74. The average Bonchev–Trinajstić information content (AvgIpc) is 3.33. The molecular formula is C25H27N3O. The summed E-state index contributed by atoms with van der Waals surface area (Å²) in [6.45, 7) is 8.42. The quantitative estimate of drug-likeness (QED) is 0.416. The Morgan fingerprint density at radius 1 is 1.07 bits per heavy atom. The van der Waals surface area contributed by atoms with Crippen LogP contribution in [0.3, 0.4) is 0 Å². The predicted molar refractivity (Wildman–Crippen MR) is 118 cm³/mol. The Kier molecular flexibility index (Phi) is 5.10. The summed E-state index contributed by atoms with van der Waals surface area (Å²) in [7, 11) is 0. The summed E-state index contributed by atoms with van der Waals surface area (Å²) in [6.07, 6.45) is 3.97. The van der Waals surface area contributed by atoms with E-state index in [-0.39, 0.29) is 17.7 Å². The van der Waals surface area contributed by atoms with Gasteiger partial charge in [-0.1, -0.05) is 42.5 Å². The highest BCUT2D eigenvalue weighted by molar-refractivity contribution is 5.94. The van der Waals surface area contributed by atoms with E-state index >= 15 is 0 Å². The molecule has 1 atom stereocenters. The van der Waals surface area contributed by atoms with Crippen LogP contribution in [0.25, 0.3) is 10.9 Å². The van der Waals surface area contributed by atoms with Gasteiger partial charge in [0.25, 0.3) is 0 Å². The molecule has 2 aromatic carbocycles. The molecule has 0 aliphatic heterocycles. The van der Waals surface area contributed by atoms with Gasteiger partial charge >= 0.3 is 0 Å². The Labute approximate surface area is 171 Å². The minimum Gasteiger partial charge on any atom is -0.358 e. The number of H-pyrrole nitrogens is 1. The fourth-order valence-electron chi connectivity index (χ4n) is 4.29. The van der Waals surface area contributed by atoms with Crippen LogP contribution in [0.2, 0.25) is 0 Å². The molecule has 0 bridgehead atoms. The highest BCUT2D eigenvalue weighted by Crippen LogP contribution is 2.35. The molecule has 29 heavy (non-hydrogen) atoms. The van der Waals surface area contributed by atoms with Crippen molar-refractivity contribution in [2.45, 2.75) is 46.1 Å². The number of benzene rings is 2. The summed E-state index contributed by atoms with van der Waals surface area (Å²) in [5.41, 5.74) is 5.82. The molecule has 0 unspecified atom stereocenters. The number of hydrogen-bond donors (Lipinski definition) is 1. The molecule has 1 N–H and O–H groups in total. The first kappa shape index (κ1) is 19.2. The monoisotopic (exact) mass is 385 g/mol. The lowest BCUT2D eigenvalue weighted by atomic mass is 9.88. The number of imidazole rings is 1. The second-order valence-electron chi connectivity index (χ2n) is 8.00. The SMILES string of the molecule is Cc1cccc2[nH]c([C@@H](CC(=O)c3nccn3C(C)C)c3ccccc3)c(C)c12. The van der Waals surface area contributed by atoms with E-state index in [0.717, 1.165) is 16.8 Å². The molecule has 4 rings (SSSR count). The summed E-state index contributed by atoms with van der Waals surface area (Å²) < 4.78 is 1.95. The van der Waals surface area contributed by atoms with Crippen molar-refractivity contribution in [1.82, 2.24) is 14.5 Å². The van der Waals surface area contributed by atoms with Crippen LogP contribution < -0.4 is 0 Å². The van der Waals surface area contributed by atoms with Crippen molar-refractivity contribution in [3.63, 3.8) is 0 Å². The van der Waals surface area contributed by atoms with Gasteiger partial charge in [-0.3, -0.25) is 4.79 Å². The predicted octanol–water partition coefficient (Wildman–Crippen LogP) is 5.97. The van der Waals surface area contributed by atoms with Gasteiger partial charge in [-0.25, -0.2) is 4.98 Å². The van der Waals surface area contributed by atoms with Gasteiger partial charge in [0.15, 0.2) is 11.6 Å². The van der Waals surface area contributed by atoms with Crippen molar-refractivity contribution in [2.75, 3.05) is 0 Å². The summed E-state index contributed by atoms with van der Waals surface area (Å²) in [5, 5.41) is 1.25. The van der Waals surface area contributed by atoms with Gasteiger partial charge in [-0.05, 0) is 50.5 Å². The first-order valence-corrected chi connectivity index (χ1v) is 10.2. The second-order valence-corrected chi connectivity index (χ2v) is 8.00. The summed E-state index contributed by atoms with van der Waals surface area (Å²) in [5.74, 6) is 0.547. The smallest absolute Gasteiger partial charge is 0.199 e. The van der Waals surface area contributed by atoms with Gasteiger partial charge in [-0.15, -0.1) is 0 Å². The van der Waals surface area contributed by atoms with Crippen molar-refractivity contribution in [3.8, 4) is 0 Å². The molecule has 0 amide bonds. The molecule has 4 nitrogen and oxygen atoms in total. The van der Waals surface area contributed by atoms with Crippen LogP contribution in [0.4, 0.5) is 0 Å². The molecule has 148 valence electrons. The molecule has 0 spiro atoms. The molecule has 0 fully saturated rings. The Morgan fingerprint density at radius 3 is 2.52 bits per heavy atom. The molecule has 0 saturated carbocycles. The zero-order valence-corrected chi connectivity index (χ0v) is 17.4. The van der Waals surface area contributed by atoms with E-state index in [1.807, 2.05) is 29.0 Å². The first-order chi connectivity index (χ1) is 14.0. The van der Waals surface area contributed by atoms with Gasteiger partial charge in [0.2, 0.25) is 0 Å². The minimum absolute atomic E-state index is 0.0483. The Hall–Kier alpha value is -3.14. The number of ketones is 1. The summed E-state index contributed by atoms with van der Waals surface area (Å²) in [4.78, 5) is 21.3. The number of aromatic nitrogens is 3. The van der Waals surface area contributed by atoms with Gasteiger partial charge in [0.05, 0.1) is 0 Å². The van der Waals surface area contributed by atoms with E-state index in [1.54, 1.807) is 6.20 Å². The van der Waals surface area contributed by atoms with Gasteiger partial charge in [-0.2, -0.15) is 0 Å². The molecule has 0 aliphatic rings. The van der Waals surface area contributed by atoms with Crippen molar-refractivity contribution in [1.29, 1.82) is 0 Å². The lowest BCUT2D eigenvalue weighted by Crippen LogP contribution is -2.16. The number of rotatable bonds is 6. The highest BCUT2D eigenvalue weighted by Gasteiger charge is 2.26. The normalized spacial score (nSPS) is 12.6. The van der Waals surface area contributed by atoms with Crippen LogP contribution in [-0.4, -0.2) is 20.3 Å². The van der Waals surface area contributed by atoms with Crippen LogP contribution >= 0.6 is 0 Å². The van der Waals surface area contributed by atoms with Gasteiger partial charge in [0.1, 0.15) is 0 Å². The second kappa shape index (κ2) is 7.70. The fraction of sp³-hybridized carbons (Fsp3) is 0.280. The maximum atomic E-state index is 13.3. The van der Waals surface area contributed by atoms with Crippen molar-refractivity contribution >= 4 is 16.7 Å². The Balaban J connectivity index is 1.80. The number of carbonyl (C=O) groups is 1. The highest BCUT2D eigenvalue weighted by atomic mass is 16.1. The maximum absolute atomic E-state index is 13.3. The number of carbonyl (C=O) groups excluding carboxylic acids is 1. The van der Waals surface area contributed by atoms with Crippen molar-refractivity contribution < 1.29 is 4.79 Å². The molecule has 0 saturated heterocycles. The van der Waals surface area contributed by atoms with Crippen LogP contribution in [0, 0.1) is 13.8 Å². The van der Waals surface area contributed by atoms with Gasteiger partial charge < -0.3 is 9.55 Å². The molecule has 2 aromatic heterocycles. The Bertz CT molecular complexity index is 1150. The average molecular weight is 386 g/mol. The summed E-state index contributed by atoms with van der Waals surface area (Å²) in [6, 6.07) is 16.8. The number of nitrogens with zero attached hydrogens (tertiary/aromatic N) is 2. The van der Waals surface area contributed by atoms with E-state index in [4.69, 9.17) is 0 Å². The molecule has 4 heteroatoms. The molecule has 2 heterocycles. The summed E-state index contributed by atoms with van der Waals surface area (Å²) >= 11 is 0. The number of nitrogens with one attached hydrogen (secondary N) is 1. The van der Waals surface area contributed by atoms with Crippen LogP contribution in [0.15, 0.2) is 60.9 Å². The van der Waals surface area contributed by atoms with Crippen molar-refractivity contribution in [3.05, 3.63) is 89.1 Å². The minimum atomic E-state index is -0.0483. The zero-order valence-electron chi connectivity index (χ0n) is 17.4. The lowest BCUT2D eigenvalue weighted by Gasteiger charge is -2.18. The molecule has 0 aliphatic carbocycles. The number of aromatic amines is 1. The molecular weight excluding hydrogens is 358 g/mol. The lowest BCUT2D eigenvalue weighted by molar-refractivity contribution is 0.0961. The fourth-order valence-corrected chi connectivity index (χ4v) is 4.29. The molecule has 4 aromatic rings. The number of hydrogen-bond acceptors (Lipinski definition) is 2. The van der Waals surface area contributed by atoms with E-state index in [0.29, 0.717) is 12.2 Å². The van der Waals surface area contributed by atoms with E-state index in [1.165, 1.54) is 16.5 Å². The third-order valence-corrected chi connectivity index (χ3v) is 5.74. The number of Topliss-reactive ketones (excluding diaryl/α,β-unsaturated/α-hetero) is 1. The van der Waals surface area contributed by atoms with Crippen LogP contribution in [-0.2, 0) is 0 Å². The number of fused-ring (bicyclic) bond motifs is 1. The largest absolute Gasteiger partial charge is 0.358 e.